The third-order valence-corrected chi connectivity index (χ3v) is 7.13. The number of imidazole rings is 1. The normalized spacial score (nSPS) is 11.3. The number of benzene rings is 1. The van der Waals surface area contributed by atoms with Gasteiger partial charge in [0.05, 0.1) is 35.1 Å². The number of esters is 1. The van der Waals surface area contributed by atoms with Crippen LogP contribution < -0.4 is 4.72 Å². The first-order valence-electron chi connectivity index (χ1n) is 9.17. The van der Waals surface area contributed by atoms with Crippen LogP contribution in [0.3, 0.4) is 0 Å². The van der Waals surface area contributed by atoms with Crippen LogP contribution in [0.5, 0.6) is 0 Å². The van der Waals surface area contributed by atoms with Crippen LogP contribution in [0.2, 0.25) is 0 Å². The number of hydrogen-bond acceptors (Lipinski definition) is 8. The maximum Gasteiger partial charge on any atom is 0.338 e. The third kappa shape index (κ3) is 4.62. The topological polar surface area (TPSA) is 116 Å². The number of sulfonamides is 1. The fourth-order valence-electron chi connectivity index (χ4n) is 2.67. The summed E-state index contributed by atoms with van der Waals surface area (Å²) in [5, 5.41) is 0. The van der Waals surface area contributed by atoms with Crippen LogP contribution in [0.1, 0.15) is 17.3 Å². The zero-order valence-electron chi connectivity index (χ0n) is 16.3. The van der Waals surface area contributed by atoms with Gasteiger partial charge in [-0.05, 0) is 43.3 Å². The van der Waals surface area contributed by atoms with E-state index in [9.17, 15) is 13.2 Å². The zero-order chi connectivity index (χ0) is 21.8. The Bertz CT molecular complexity index is 1280. The molecule has 0 radical (unpaired) electrons. The summed E-state index contributed by atoms with van der Waals surface area (Å²) in [4.78, 5) is 25.1. The quantitative estimate of drug-likeness (QED) is 0.425. The van der Waals surface area contributed by atoms with E-state index in [-0.39, 0.29) is 10.8 Å². The van der Waals surface area contributed by atoms with Gasteiger partial charge >= 0.3 is 5.97 Å². The van der Waals surface area contributed by atoms with Gasteiger partial charge in [-0.2, -0.15) is 0 Å². The van der Waals surface area contributed by atoms with Gasteiger partial charge in [-0.15, -0.1) is 11.3 Å². The molecule has 1 aromatic carbocycles. The maximum atomic E-state index is 12.7. The monoisotopic (exact) mass is 455 g/mol. The predicted octanol–water partition coefficient (Wildman–Crippen LogP) is 3.37. The highest BCUT2D eigenvalue weighted by molar-refractivity contribution is 7.94. The Morgan fingerprint density at radius 3 is 2.58 bits per heavy atom. The Labute approximate surface area is 182 Å². The fraction of sp³-hybridized carbons (Fsp3) is 0.100. The van der Waals surface area contributed by atoms with Crippen molar-refractivity contribution in [3.05, 3.63) is 73.1 Å². The van der Waals surface area contributed by atoms with Crippen LogP contribution in [-0.4, -0.2) is 40.5 Å². The Hall–Kier alpha value is -3.57. The lowest BCUT2D eigenvalue weighted by Crippen LogP contribution is -2.11. The number of thiophene rings is 1. The third-order valence-electron chi connectivity index (χ3n) is 4.15. The molecule has 4 aromatic rings. The van der Waals surface area contributed by atoms with E-state index in [1.54, 1.807) is 48.7 Å². The summed E-state index contributed by atoms with van der Waals surface area (Å²) in [5.41, 5.74) is 1.25. The van der Waals surface area contributed by atoms with E-state index in [1.165, 1.54) is 30.3 Å². The van der Waals surface area contributed by atoms with Crippen molar-refractivity contribution in [1.29, 1.82) is 0 Å². The average molecular weight is 456 g/mol. The molecule has 1 N–H and O–H groups in total. The predicted molar refractivity (Wildman–Crippen MR) is 116 cm³/mol. The van der Waals surface area contributed by atoms with E-state index in [0.717, 1.165) is 11.3 Å². The molecule has 0 aliphatic heterocycles. The summed E-state index contributed by atoms with van der Waals surface area (Å²) >= 11 is 1.08. The lowest BCUT2D eigenvalue weighted by Gasteiger charge is -2.07. The van der Waals surface area contributed by atoms with Gasteiger partial charge in [-0.25, -0.2) is 28.2 Å². The van der Waals surface area contributed by atoms with Crippen molar-refractivity contribution in [2.45, 2.75) is 11.1 Å². The number of carbonyl (C=O) groups excluding carboxylic acids is 1. The van der Waals surface area contributed by atoms with Gasteiger partial charge in [0.1, 0.15) is 10.5 Å². The SMILES string of the molecule is CCOC(=O)c1ccc(NS(=O)(=O)c2ccc(-c3cnc(-n4ccnc4)cn3)s2)cc1. The molecule has 0 saturated carbocycles. The minimum Gasteiger partial charge on any atom is -0.462 e. The fourth-order valence-corrected chi connectivity index (χ4v) is 5.00. The minimum atomic E-state index is -3.80. The summed E-state index contributed by atoms with van der Waals surface area (Å²) in [6.07, 6.45) is 8.19. The number of ether oxygens (including phenoxy) is 1. The molecular weight excluding hydrogens is 438 g/mol. The van der Waals surface area contributed by atoms with Crippen LogP contribution >= 0.6 is 11.3 Å². The van der Waals surface area contributed by atoms with E-state index in [2.05, 4.69) is 19.7 Å². The van der Waals surface area contributed by atoms with Crippen molar-refractivity contribution in [2.24, 2.45) is 0 Å². The van der Waals surface area contributed by atoms with E-state index in [4.69, 9.17) is 4.74 Å². The van der Waals surface area contributed by atoms with Gasteiger partial charge < -0.3 is 4.74 Å². The molecule has 3 heterocycles. The molecule has 0 unspecified atom stereocenters. The number of rotatable bonds is 7. The first kappa shape index (κ1) is 20.7. The molecule has 9 nitrogen and oxygen atoms in total. The number of hydrogen-bond donors (Lipinski definition) is 1. The second-order valence-corrected chi connectivity index (χ2v) is 9.24. The highest BCUT2D eigenvalue weighted by atomic mass is 32.2. The zero-order valence-corrected chi connectivity index (χ0v) is 17.9. The summed E-state index contributed by atoms with van der Waals surface area (Å²) in [7, 11) is -3.80. The molecule has 0 spiro atoms. The smallest absolute Gasteiger partial charge is 0.338 e. The second-order valence-electron chi connectivity index (χ2n) is 6.25. The summed E-state index contributed by atoms with van der Waals surface area (Å²) in [6.45, 7) is 1.99. The number of nitrogens with one attached hydrogen (secondary N) is 1. The van der Waals surface area contributed by atoms with Crippen molar-refractivity contribution in [3.8, 4) is 16.4 Å². The van der Waals surface area contributed by atoms with Crippen molar-refractivity contribution >= 4 is 33.0 Å². The molecule has 0 atom stereocenters. The van der Waals surface area contributed by atoms with Crippen LogP contribution in [0.15, 0.2) is 71.7 Å². The second kappa shape index (κ2) is 8.66. The molecular formula is C20H17N5O4S2. The Kier molecular flexibility index (Phi) is 5.78. The summed E-state index contributed by atoms with van der Waals surface area (Å²) in [5.74, 6) is 0.151. The standard InChI is InChI=1S/C20H17N5O4S2/c1-2-29-20(26)14-3-5-15(6-4-14)24-31(27,28)19-8-7-17(30-19)16-11-23-18(12-22-16)25-10-9-21-13-25/h3-13,24H,2H2,1H3. The average Bonchev–Trinajstić information content (AvgIpc) is 3.47. The van der Waals surface area contributed by atoms with E-state index in [1.807, 2.05) is 0 Å². The van der Waals surface area contributed by atoms with E-state index >= 15 is 0 Å². The van der Waals surface area contributed by atoms with Crippen molar-refractivity contribution < 1.29 is 17.9 Å². The van der Waals surface area contributed by atoms with E-state index in [0.29, 0.717) is 27.6 Å². The summed E-state index contributed by atoms with van der Waals surface area (Å²) in [6, 6.07) is 9.24. The maximum absolute atomic E-state index is 12.7. The van der Waals surface area contributed by atoms with Gasteiger partial charge in [-0.3, -0.25) is 9.29 Å². The largest absolute Gasteiger partial charge is 0.462 e. The van der Waals surface area contributed by atoms with Gasteiger partial charge in [0.25, 0.3) is 10.0 Å². The molecule has 11 heteroatoms. The lowest BCUT2D eigenvalue weighted by molar-refractivity contribution is 0.0526. The Balaban J connectivity index is 1.49. The Morgan fingerprint density at radius 2 is 1.94 bits per heavy atom. The molecule has 0 aliphatic carbocycles. The highest BCUT2D eigenvalue weighted by Crippen LogP contribution is 2.30. The molecule has 0 fully saturated rings. The van der Waals surface area contributed by atoms with Crippen LogP contribution in [0.4, 0.5) is 5.69 Å². The Morgan fingerprint density at radius 1 is 1.13 bits per heavy atom. The van der Waals surface area contributed by atoms with Crippen LogP contribution in [0, 0.1) is 0 Å². The lowest BCUT2D eigenvalue weighted by atomic mass is 10.2. The van der Waals surface area contributed by atoms with E-state index < -0.39 is 16.0 Å². The first-order chi connectivity index (χ1) is 15.0. The van der Waals surface area contributed by atoms with Crippen molar-refractivity contribution in [3.63, 3.8) is 0 Å². The van der Waals surface area contributed by atoms with Crippen molar-refractivity contribution in [2.75, 3.05) is 11.3 Å². The number of carbonyl (C=O) groups is 1. The van der Waals surface area contributed by atoms with Gasteiger partial charge in [0.2, 0.25) is 0 Å². The molecule has 4 rings (SSSR count). The molecule has 3 aromatic heterocycles. The minimum absolute atomic E-state index is 0.137. The highest BCUT2D eigenvalue weighted by Gasteiger charge is 2.18. The summed E-state index contributed by atoms with van der Waals surface area (Å²) < 4.78 is 34.8. The molecule has 158 valence electrons. The van der Waals surface area contributed by atoms with Gasteiger partial charge in [0, 0.05) is 18.1 Å². The molecule has 0 aliphatic rings. The number of anilines is 1. The number of nitrogens with zero attached hydrogens (tertiary/aromatic N) is 4. The molecule has 0 amide bonds. The first-order valence-corrected chi connectivity index (χ1v) is 11.5. The van der Waals surface area contributed by atoms with Crippen LogP contribution in [0.25, 0.3) is 16.4 Å². The van der Waals surface area contributed by atoms with Crippen LogP contribution in [-0.2, 0) is 14.8 Å². The molecule has 31 heavy (non-hydrogen) atoms. The van der Waals surface area contributed by atoms with Crippen molar-refractivity contribution in [1.82, 2.24) is 19.5 Å². The molecule has 0 saturated heterocycles. The number of aromatic nitrogens is 4. The molecule has 0 bridgehead atoms. The van der Waals surface area contributed by atoms with Gasteiger partial charge in [-0.1, -0.05) is 0 Å². The van der Waals surface area contributed by atoms with Gasteiger partial charge in [0.15, 0.2) is 5.82 Å².